The Kier molecular flexibility index (Phi) is 5.46. The third-order valence-electron chi connectivity index (χ3n) is 3.65. The van der Waals surface area contributed by atoms with Crippen molar-refractivity contribution in [1.29, 1.82) is 0 Å². The molecule has 0 aromatic heterocycles. The second-order valence-corrected chi connectivity index (χ2v) is 5.08. The summed E-state index contributed by atoms with van der Waals surface area (Å²) >= 11 is 0. The standard InChI is InChI=1S/C14H21N3O4/c1-2-7-16-21-11-6-3-8-15-14(20)17-9-4-5-10(12(11)17)13(18)19/h6-8,10,12,14,20H,2-5,9H2,1H3,(H,18,19). The average molecular weight is 295 g/mol. The predicted molar refractivity (Wildman–Crippen MR) is 77.9 cm³/mol. The Hall–Kier alpha value is -1.73. The van der Waals surface area contributed by atoms with Gasteiger partial charge in [-0.25, -0.2) is 4.90 Å². The highest BCUT2D eigenvalue weighted by Crippen LogP contribution is 2.32. The maximum atomic E-state index is 11.5. The molecule has 1 fully saturated rings. The Morgan fingerprint density at radius 3 is 3.19 bits per heavy atom. The van der Waals surface area contributed by atoms with Crippen LogP contribution in [-0.4, -0.2) is 52.4 Å². The number of piperidine rings is 1. The van der Waals surface area contributed by atoms with Crippen LogP contribution in [0.3, 0.4) is 0 Å². The molecule has 116 valence electrons. The molecule has 0 aromatic rings. The number of aliphatic hydroxyl groups is 1. The van der Waals surface area contributed by atoms with Crippen LogP contribution in [0.5, 0.6) is 0 Å². The number of allylic oxidation sites excluding steroid dienone is 1. The van der Waals surface area contributed by atoms with Crippen LogP contribution < -0.4 is 0 Å². The van der Waals surface area contributed by atoms with Crippen LogP contribution in [0.25, 0.3) is 0 Å². The molecule has 21 heavy (non-hydrogen) atoms. The number of hydrogen-bond acceptors (Lipinski definition) is 6. The van der Waals surface area contributed by atoms with Gasteiger partial charge in [-0.3, -0.25) is 9.79 Å². The highest BCUT2D eigenvalue weighted by atomic mass is 16.6. The summed E-state index contributed by atoms with van der Waals surface area (Å²) in [7, 11) is 0. The Bertz CT molecular complexity index is 461. The van der Waals surface area contributed by atoms with E-state index in [1.807, 2.05) is 6.92 Å². The zero-order valence-electron chi connectivity index (χ0n) is 12.1. The third-order valence-corrected chi connectivity index (χ3v) is 3.65. The molecular weight excluding hydrogens is 274 g/mol. The number of oxime groups is 1. The smallest absolute Gasteiger partial charge is 0.308 e. The summed E-state index contributed by atoms with van der Waals surface area (Å²) in [6, 6.07) is -0.544. The number of fused-ring (bicyclic) bond motifs is 1. The van der Waals surface area contributed by atoms with E-state index in [4.69, 9.17) is 4.84 Å². The largest absolute Gasteiger partial charge is 0.481 e. The molecule has 0 aliphatic carbocycles. The number of aliphatic hydroxyl groups excluding tert-OH is 1. The lowest BCUT2D eigenvalue weighted by molar-refractivity contribution is -0.149. The van der Waals surface area contributed by atoms with Crippen molar-refractivity contribution in [2.75, 3.05) is 6.54 Å². The average Bonchev–Trinajstić information content (AvgIpc) is 2.47. The van der Waals surface area contributed by atoms with Crippen LogP contribution in [0, 0.1) is 5.92 Å². The van der Waals surface area contributed by atoms with Crippen molar-refractivity contribution in [2.45, 2.75) is 45.0 Å². The lowest BCUT2D eigenvalue weighted by Crippen LogP contribution is -2.53. The second kappa shape index (κ2) is 7.33. The van der Waals surface area contributed by atoms with Gasteiger partial charge < -0.3 is 15.1 Å². The molecule has 0 spiro atoms. The lowest BCUT2D eigenvalue weighted by atomic mass is 9.87. The number of nitrogens with zero attached hydrogens (tertiary/aromatic N) is 3. The van der Waals surface area contributed by atoms with E-state index in [-0.39, 0.29) is 0 Å². The summed E-state index contributed by atoms with van der Waals surface area (Å²) in [5.74, 6) is -1.06. The Morgan fingerprint density at radius 1 is 1.67 bits per heavy atom. The number of carboxylic acids is 1. The van der Waals surface area contributed by atoms with E-state index in [1.165, 1.54) is 0 Å². The van der Waals surface area contributed by atoms with E-state index in [9.17, 15) is 15.0 Å². The van der Waals surface area contributed by atoms with Crippen molar-refractivity contribution in [2.24, 2.45) is 16.1 Å². The van der Waals surface area contributed by atoms with Crippen molar-refractivity contribution in [3.05, 3.63) is 11.8 Å². The summed E-state index contributed by atoms with van der Waals surface area (Å²) in [5, 5.41) is 23.4. The van der Waals surface area contributed by atoms with E-state index >= 15 is 0 Å². The Morgan fingerprint density at radius 2 is 2.48 bits per heavy atom. The minimum Gasteiger partial charge on any atom is -0.481 e. The number of carboxylic acid groups (broad SMARTS) is 1. The summed E-state index contributed by atoms with van der Waals surface area (Å²) in [6.07, 6.45) is 6.40. The molecule has 7 heteroatoms. The van der Waals surface area contributed by atoms with Crippen LogP contribution in [-0.2, 0) is 9.63 Å². The Balaban J connectivity index is 2.31. The molecule has 2 N–H and O–H groups in total. The molecule has 2 aliphatic rings. The van der Waals surface area contributed by atoms with E-state index in [1.54, 1.807) is 23.4 Å². The van der Waals surface area contributed by atoms with Crippen LogP contribution >= 0.6 is 0 Å². The summed E-state index contributed by atoms with van der Waals surface area (Å²) < 4.78 is 0. The van der Waals surface area contributed by atoms with Gasteiger partial charge in [0.05, 0.1) is 12.0 Å². The molecule has 2 rings (SSSR count). The third kappa shape index (κ3) is 3.68. The number of aliphatic carboxylic acids is 1. The monoisotopic (exact) mass is 295 g/mol. The zero-order chi connectivity index (χ0) is 15.2. The van der Waals surface area contributed by atoms with Crippen molar-refractivity contribution in [3.8, 4) is 0 Å². The molecule has 0 bridgehead atoms. The van der Waals surface area contributed by atoms with Crippen molar-refractivity contribution in [3.63, 3.8) is 0 Å². The SMILES string of the molecule is CCC=NOC1=CCC=NC(O)N2CCCC(C(=O)O)C12. The van der Waals surface area contributed by atoms with Gasteiger partial charge in [0.2, 0.25) is 6.35 Å². The predicted octanol–water partition coefficient (Wildman–Crippen LogP) is 1.20. The van der Waals surface area contributed by atoms with E-state index in [2.05, 4.69) is 10.1 Å². The van der Waals surface area contributed by atoms with Gasteiger partial charge in [0.15, 0.2) is 0 Å². The van der Waals surface area contributed by atoms with E-state index < -0.39 is 24.3 Å². The maximum absolute atomic E-state index is 11.5. The zero-order valence-corrected chi connectivity index (χ0v) is 12.1. The van der Waals surface area contributed by atoms with E-state index in [0.29, 0.717) is 31.6 Å². The molecule has 3 atom stereocenters. The first-order chi connectivity index (χ1) is 10.1. The van der Waals surface area contributed by atoms with Crippen molar-refractivity contribution >= 4 is 18.4 Å². The van der Waals surface area contributed by atoms with Crippen molar-refractivity contribution < 1.29 is 19.8 Å². The van der Waals surface area contributed by atoms with E-state index in [0.717, 1.165) is 6.42 Å². The van der Waals surface area contributed by atoms with Gasteiger partial charge in [0.1, 0.15) is 5.76 Å². The highest BCUT2D eigenvalue weighted by molar-refractivity contribution is 5.72. The molecule has 0 amide bonds. The molecule has 0 radical (unpaired) electrons. The van der Waals surface area contributed by atoms with Crippen molar-refractivity contribution in [1.82, 2.24) is 4.90 Å². The minimum absolute atomic E-state index is 0.469. The molecule has 1 saturated heterocycles. The van der Waals surface area contributed by atoms with Crippen LogP contribution in [0.1, 0.15) is 32.6 Å². The highest BCUT2D eigenvalue weighted by Gasteiger charge is 2.42. The summed E-state index contributed by atoms with van der Waals surface area (Å²) in [6.45, 7) is 2.51. The fourth-order valence-electron chi connectivity index (χ4n) is 2.70. The molecule has 0 saturated carbocycles. The van der Waals surface area contributed by atoms with Crippen LogP contribution in [0.4, 0.5) is 0 Å². The first-order valence-electron chi connectivity index (χ1n) is 7.22. The fraction of sp³-hybridized carbons (Fsp3) is 0.643. The maximum Gasteiger partial charge on any atom is 0.308 e. The molecule has 3 unspecified atom stereocenters. The normalized spacial score (nSPS) is 30.4. The number of hydrogen-bond donors (Lipinski definition) is 2. The first kappa shape index (κ1) is 15.7. The number of carbonyl (C=O) groups is 1. The number of aliphatic imine (C=N–C) groups is 1. The Labute approximate surface area is 123 Å². The fourth-order valence-corrected chi connectivity index (χ4v) is 2.70. The van der Waals surface area contributed by atoms with Gasteiger partial charge in [-0.05, 0) is 25.3 Å². The summed E-state index contributed by atoms with van der Waals surface area (Å²) in [4.78, 5) is 22.6. The van der Waals surface area contributed by atoms with Gasteiger partial charge in [0.25, 0.3) is 0 Å². The van der Waals surface area contributed by atoms with Gasteiger partial charge in [-0.1, -0.05) is 12.1 Å². The molecule has 2 aliphatic heterocycles. The topological polar surface area (TPSA) is 94.7 Å². The van der Waals surface area contributed by atoms with Gasteiger partial charge >= 0.3 is 5.97 Å². The first-order valence-corrected chi connectivity index (χ1v) is 7.22. The molecule has 0 aromatic carbocycles. The molecule has 7 nitrogen and oxygen atoms in total. The molecule has 2 heterocycles. The molecular formula is C14H21N3O4. The van der Waals surface area contributed by atoms with Crippen LogP contribution in [0.2, 0.25) is 0 Å². The minimum atomic E-state index is -1.04. The van der Waals surface area contributed by atoms with Gasteiger partial charge in [0, 0.05) is 25.4 Å². The van der Waals surface area contributed by atoms with Crippen LogP contribution in [0.15, 0.2) is 22.0 Å². The number of rotatable bonds is 4. The second-order valence-electron chi connectivity index (χ2n) is 5.08. The van der Waals surface area contributed by atoms with Gasteiger partial charge in [-0.2, -0.15) is 0 Å². The van der Waals surface area contributed by atoms with Gasteiger partial charge in [-0.15, -0.1) is 0 Å². The lowest BCUT2D eigenvalue weighted by Gasteiger charge is -2.41. The quantitative estimate of drug-likeness (QED) is 0.600. The summed E-state index contributed by atoms with van der Waals surface area (Å²) in [5.41, 5.74) is 0.